The molecule has 0 radical (unpaired) electrons. The number of hydrogen-bond acceptors (Lipinski definition) is 2. The van der Waals surface area contributed by atoms with E-state index in [1.165, 1.54) is 12.1 Å². The van der Waals surface area contributed by atoms with Gasteiger partial charge in [0.25, 0.3) is 0 Å². The van der Waals surface area contributed by atoms with Crippen LogP contribution in [0.5, 0.6) is 0 Å². The molecule has 0 bridgehead atoms. The summed E-state index contributed by atoms with van der Waals surface area (Å²) in [4.78, 5) is 11.0. The molecule has 20 heavy (non-hydrogen) atoms. The lowest BCUT2D eigenvalue weighted by atomic mass is 10.1. The van der Waals surface area contributed by atoms with Gasteiger partial charge in [0.05, 0.1) is 5.69 Å². The van der Waals surface area contributed by atoms with Crippen molar-refractivity contribution in [3.63, 3.8) is 0 Å². The Kier molecular flexibility index (Phi) is 4.62. The maximum Gasteiger partial charge on any atom is 0.248 e. The average Bonchev–Trinajstić information content (AvgIpc) is 2.38. The van der Waals surface area contributed by atoms with Gasteiger partial charge in [0.2, 0.25) is 5.91 Å². The van der Waals surface area contributed by atoms with E-state index in [0.29, 0.717) is 27.3 Å². The average molecular weight is 358 g/mol. The first-order chi connectivity index (χ1) is 9.47. The lowest BCUT2D eigenvalue weighted by Gasteiger charge is -2.10. The summed E-state index contributed by atoms with van der Waals surface area (Å²) in [6, 6.07) is 9.52. The van der Waals surface area contributed by atoms with Crippen molar-refractivity contribution in [2.75, 3.05) is 5.32 Å². The van der Waals surface area contributed by atoms with Crippen LogP contribution in [0, 0.1) is 5.82 Å². The van der Waals surface area contributed by atoms with E-state index in [0.717, 1.165) is 5.56 Å². The quantitative estimate of drug-likeness (QED) is 0.870. The molecule has 3 N–H and O–H groups in total. The monoisotopic (exact) mass is 356 g/mol. The van der Waals surface area contributed by atoms with E-state index in [1.54, 1.807) is 24.3 Å². The van der Waals surface area contributed by atoms with E-state index in [1.807, 2.05) is 0 Å². The predicted molar refractivity (Wildman–Crippen MR) is 81.4 cm³/mol. The van der Waals surface area contributed by atoms with Crippen LogP contribution in [-0.2, 0) is 6.54 Å². The normalized spacial score (nSPS) is 10.3. The van der Waals surface area contributed by atoms with Gasteiger partial charge in [-0.15, -0.1) is 0 Å². The zero-order valence-corrected chi connectivity index (χ0v) is 12.6. The number of hydrogen-bond donors (Lipinski definition) is 2. The Labute approximate surface area is 129 Å². The van der Waals surface area contributed by atoms with E-state index in [2.05, 4.69) is 21.2 Å². The Bertz CT molecular complexity index is 664. The van der Waals surface area contributed by atoms with Gasteiger partial charge >= 0.3 is 0 Å². The molecule has 0 heterocycles. The van der Waals surface area contributed by atoms with Gasteiger partial charge in [-0.3, -0.25) is 4.79 Å². The number of amides is 1. The van der Waals surface area contributed by atoms with Crippen LogP contribution >= 0.6 is 27.5 Å². The van der Waals surface area contributed by atoms with Gasteiger partial charge < -0.3 is 11.1 Å². The van der Waals surface area contributed by atoms with Crippen LogP contribution in [0.2, 0.25) is 5.02 Å². The number of halogens is 3. The predicted octanol–water partition coefficient (Wildman–Crippen LogP) is 3.95. The van der Waals surface area contributed by atoms with Crippen molar-refractivity contribution in [2.24, 2.45) is 5.73 Å². The highest BCUT2D eigenvalue weighted by Crippen LogP contribution is 2.22. The van der Waals surface area contributed by atoms with Crippen LogP contribution in [0.25, 0.3) is 0 Å². The minimum Gasteiger partial charge on any atom is -0.379 e. The largest absolute Gasteiger partial charge is 0.379 e. The minimum atomic E-state index is -0.537. The molecule has 0 atom stereocenters. The van der Waals surface area contributed by atoms with Crippen LogP contribution in [0.1, 0.15) is 15.9 Å². The lowest BCUT2D eigenvalue weighted by molar-refractivity contribution is 0.100. The summed E-state index contributed by atoms with van der Waals surface area (Å²) >= 11 is 9.25. The highest BCUT2D eigenvalue weighted by atomic mass is 79.9. The molecule has 104 valence electrons. The fourth-order valence-electron chi connectivity index (χ4n) is 1.67. The number of primary amides is 1. The van der Waals surface area contributed by atoms with Crippen molar-refractivity contribution in [1.29, 1.82) is 0 Å². The first-order valence-electron chi connectivity index (χ1n) is 5.74. The fraction of sp³-hybridized carbons (Fsp3) is 0.0714. The molecule has 6 heteroatoms. The van der Waals surface area contributed by atoms with Crippen molar-refractivity contribution in [1.82, 2.24) is 0 Å². The molecular formula is C14H11BrClFN2O. The van der Waals surface area contributed by atoms with Crippen molar-refractivity contribution < 1.29 is 9.18 Å². The summed E-state index contributed by atoms with van der Waals surface area (Å²) in [6.07, 6.45) is 0. The second kappa shape index (κ2) is 6.24. The van der Waals surface area contributed by atoms with Gasteiger partial charge in [0.1, 0.15) is 5.82 Å². The van der Waals surface area contributed by atoms with E-state index < -0.39 is 5.91 Å². The van der Waals surface area contributed by atoms with Crippen molar-refractivity contribution in [2.45, 2.75) is 6.54 Å². The molecule has 0 saturated heterocycles. The second-order valence-corrected chi connectivity index (χ2v) is 5.47. The molecule has 0 aromatic heterocycles. The third kappa shape index (κ3) is 3.49. The number of carbonyl (C=O) groups excluding carboxylic acids is 1. The molecule has 0 unspecified atom stereocenters. The maximum atomic E-state index is 13.6. The van der Waals surface area contributed by atoms with Crippen molar-refractivity contribution >= 4 is 39.1 Å². The van der Waals surface area contributed by atoms with E-state index in [4.69, 9.17) is 17.3 Å². The van der Waals surface area contributed by atoms with Crippen LogP contribution < -0.4 is 11.1 Å². The van der Waals surface area contributed by atoms with Gasteiger partial charge in [-0.2, -0.15) is 0 Å². The molecule has 0 aliphatic heterocycles. The SMILES string of the molecule is NC(=O)c1ccc(CNc2ccc(Br)cc2F)c(Cl)c1. The summed E-state index contributed by atoms with van der Waals surface area (Å²) in [5.41, 5.74) is 6.63. The zero-order valence-electron chi connectivity index (χ0n) is 10.3. The topological polar surface area (TPSA) is 55.1 Å². The molecule has 0 spiro atoms. The molecular weight excluding hydrogens is 347 g/mol. The Hall–Kier alpha value is -1.59. The third-order valence-corrected chi connectivity index (χ3v) is 3.58. The smallest absolute Gasteiger partial charge is 0.248 e. The van der Waals surface area contributed by atoms with Gasteiger partial charge in [0.15, 0.2) is 0 Å². The summed E-state index contributed by atoms with van der Waals surface area (Å²) < 4.78 is 14.3. The van der Waals surface area contributed by atoms with Gasteiger partial charge in [-0.1, -0.05) is 33.6 Å². The fourth-order valence-corrected chi connectivity index (χ4v) is 2.25. The van der Waals surface area contributed by atoms with E-state index in [9.17, 15) is 9.18 Å². The molecule has 0 fully saturated rings. The summed E-state index contributed by atoms with van der Waals surface area (Å²) in [7, 11) is 0. The van der Waals surface area contributed by atoms with Crippen LogP contribution in [-0.4, -0.2) is 5.91 Å². The van der Waals surface area contributed by atoms with Crippen LogP contribution in [0.3, 0.4) is 0 Å². The molecule has 0 saturated carbocycles. The Balaban J connectivity index is 2.13. The first kappa shape index (κ1) is 14.8. The number of nitrogens with two attached hydrogens (primary N) is 1. The Morgan fingerprint density at radius 2 is 2.05 bits per heavy atom. The van der Waals surface area contributed by atoms with Gasteiger partial charge in [0, 0.05) is 21.6 Å². The highest BCUT2D eigenvalue weighted by Gasteiger charge is 2.07. The molecule has 0 aliphatic carbocycles. The van der Waals surface area contributed by atoms with Crippen LogP contribution in [0.4, 0.5) is 10.1 Å². The maximum absolute atomic E-state index is 13.6. The molecule has 2 aromatic rings. The minimum absolute atomic E-state index is 0.341. The molecule has 0 aliphatic rings. The van der Waals surface area contributed by atoms with Crippen LogP contribution in [0.15, 0.2) is 40.9 Å². The second-order valence-electron chi connectivity index (χ2n) is 4.15. The highest BCUT2D eigenvalue weighted by molar-refractivity contribution is 9.10. The molecule has 1 amide bonds. The lowest BCUT2D eigenvalue weighted by Crippen LogP contribution is -2.11. The van der Waals surface area contributed by atoms with E-state index in [-0.39, 0.29) is 5.82 Å². The standard InChI is InChI=1S/C14H11BrClFN2O/c15-10-3-4-13(12(17)6-10)19-7-9-2-1-8(14(18)20)5-11(9)16/h1-6,19H,7H2,(H2,18,20). The number of rotatable bonds is 4. The zero-order chi connectivity index (χ0) is 14.7. The number of carbonyl (C=O) groups is 1. The number of nitrogens with one attached hydrogen (secondary N) is 1. The third-order valence-electron chi connectivity index (χ3n) is 2.74. The van der Waals surface area contributed by atoms with Gasteiger partial charge in [-0.25, -0.2) is 4.39 Å². The summed E-state index contributed by atoms with van der Waals surface area (Å²) in [6.45, 7) is 0.344. The Morgan fingerprint density at radius 1 is 1.30 bits per heavy atom. The number of benzene rings is 2. The number of anilines is 1. The summed E-state index contributed by atoms with van der Waals surface area (Å²) in [5, 5.41) is 3.36. The van der Waals surface area contributed by atoms with Gasteiger partial charge in [-0.05, 0) is 35.9 Å². The first-order valence-corrected chi connectivity index (χ1v) is 6.91. The molecule has 3 nitrogen and oxygen atoms in total. The van der Waals surface area contributed by atoms with Crippen molar-refractivity contribution in [3.05, 3.63) is 62.8 Å². The van der Waals surface area contributed by atoms with E-state index >= 15 is 0 Å². The Morgan fingerprint density at radius 3 is 2.65 bits per heavy atom. The molecule has 2 rings (SSSR count). The summed E-state index contributed by atoms with van der Waals surface area (Å²) in [5.74, 6) is -0.894. The molecule has 2 aromatic carbocycles. The van der Waals surface area contributed by atoms with Crippen molar-refractivity contribution in [3.8, 4) is 0 Å².